The predicted molar refractivity (Wildman–Crippen MR) is 115 cm³/mol. The van der Waals surface area contributed by atoms with Gasteiger partial charge in [0.05, 0.1) is 25.8 Å². The Balaban J connectivity index is 0. The second kappa shape index (κ2) is 9.71. The first-order valence-electron chi connectivity index (χ1n) is 8.48. The Morgan fingerprint density at radius 2 is 1.71 bits per heavy atom. The van der Waals surface area contributed by atoms with Gasteiger partial charge in [-0.2, -0.15) is 9.97 Å². The van der Waals surface area contributed by atoms with E-state index in [4.69, 9.17) is 9.47 Å². The molecule has 31 heavy (non-hydrogen) atoms. The molecule has 0 fully saturated rings. The third kappa shape index (κ3) is 5.79. The van der Waals surface area contributed by atoms with E-state index in [9.17, 15) is 22.8 Å². The zero-order chi connectivity index (χ0) is 23.2. The Hall–Kier alpha value is -3.94. The molecule has 1 aromatic carbocycles. The van der Waals surface area contributed by atoms with Gasteiger partial charge in [-0.05, 0) is 18.2 Å². The first-order chi connectivity index (χ1) is 14.6. The molecule has 0 aliphatic rings. The Labute approximate surface area is 182 Å². The summed E-state index contributed by atoms with van der Waals surface area (Å²) in [7, 11) is 0.991. The van der Waals surface area contributed by atoms with Crippen molar-refractivity contribution in [2.24, 2.45) is 0 Å². The minimum atomic E-state index is -4.54. The van der Waals surface area contributed by atoms with E-state index in [-0.39, 0.29) is 33.2 Å². The number of rotatable bonds is 8. The lowest BCUT2D eigenvalue weighted by Crippen LogP contribution is -2.36. The van der Waals surface area contributed by atoms with Crippen LogP contribution in [0.5, 0.6) is 11.8 Å². The van der Waals surface area contributed by atoms with E-state index in [1.807, 2.05) is 0 Å². The Kier molecular flexibility index (Phi) is 7.31. The third-order valence-corrected chi connectivity index (χ3v) is 5.05. The molecule has 1 aromatic heterocycles. The molecular weight excluding hydrogens is 432 g/mol. The molecule has 0 saturated carbocycles. The lowest BCUT2D eigenvalue weighted by Gasteiger charge is -2.16. The zero-order valence-corrected chi connectivity index (χ0v) is 17.8. The average Bonchev–Trinajstić information content (AvgIpc) is 2.72. The molecule has 0 aliphatic carbocycles. The van der Waals surface area contributed by atoms with Crippen LogP contribution in [0.4, 0.5) is 16.4 Å². The number of nitrogens with zero attached hydrogens (tertiary/aromatic N) is 3. The first-order valence-corrected chi connectivity index (χ1v) is 9.96. The van der Waals surface area contributed by atoms with Crippen molar-refractivity contribution in [3.63, 3.8) is 0 Å². The van der Waals surface area contributed by atoms with Gasteiger partial charge in [0.2, 0.25) is 24.1 Å². The van der Waals surface area contributed by atoms with Gasteiger partial charge in [0.15, 0.2) is 0 Å². The molecular formula is C17H26N6O7S. The summed E-state index contributed by atoms with van der Waals surface area (Å²) >= 11 is 0. The molecule has 0 saturated heterocycles. The SMILES string of the molecule is COc1cc(OC)nc(NC(=O)NS(=O)(=O)c2cc(NC=O)ccc2C(=O)N(C)C)n1.[HH].[HH].[HH]. The standard InChI is InChI=1S/C17H20N6O7S.3H2/c1-23(2)15(25)11-6-5-10(18-9-24)7-12(11)31(27,28)22-17(26)21-16-19-13(29-3)8-14(20-16)30-4;;;/h5-9H,1-4H3,(H,18,24)(H2,19,20,21,22,26);3*1H. The maximum absolute atomic E-state index is 12.8. The minimum Gasteiger partial charge on any atom is -0.481 e. The van der Waals surface area contributed by atoms with Crippen molar-refractivity contribution in [2.45, 2.75) is 4.90 Å². The smallest absolute Gasteiger partial charge is 0.335 e. The van der Waals surface area contributed by atoms with Crippen LogP contribution < -0.4 is 24.8 Å². The van der Waals surface area contributed by atoms with Crippen molar-refractivity contribution in [1.82, 2.24) is 19.6 Å². The summed E-state index contributed by atoms with van der Waals surface area (Å²) in [6, 6.07) is 3.76. The largest absolute Gasteiger partial charge is 0.481 e. The van der Waals surface area contributed by atoms with Crippen LogP contribution >= 0.6 is 0 Å². The molecule has 14 heteroatoms. The van der Waals surface area contributed by atoms with Gasteiger partial charge in [0, 0.05) is 24.1 Å². The maximum atomic E-state index is 12.8. The van der Waals surface area contributed by atoms with Gasteiger partial charge in [0.25, 0.3) is 15.9 Å². The normalized spacial score (nSPS) is 10.6. The molecule has 2 rings (SSSR count). The molecule has 0 aliphatic heterocycles. The zero-order valence-electron chi connectivity index (χ0n) is 17.0. The van der Waals surface area contributed by atoms with Crippen LogP contribution in [-0.2, 0) is 14.8 Å². The van der Waals surface area contributed by atoms with Crippen LogP contribution in [0.3, 0.4) is 0 Å². The molecule has 0 bridgehead atoms. The van der Waals surface area contributed by atoms with E-state index in [0.29, 0.717) is 6.41 Å². The van der Waals surface area contributed by atoms with Gasteiger partial charge < -0.3 is 19.7 Å². The summed E-state index contributed by atoms with van der Waals surface area (Å²) in [5.74, 6) is -0.780. The number of ether oxygens (including phenoxy) is 2. The molecule has 0 unspecified atom stereocenters. The van der Waals surface area contributed by atoms with E-state index in [1.54, 1.807) is 4.72 Å². The molecule has 1 heterocycles. The minimum absolute atomic E-state index is 0. The highest BCUT2D eigenvalue weighted by atomic mass is 32.2. The number of amides is 4. The number of nitrogens with one attached hydrogen (secondary N) is 3. The summed E-state index contributed by atoms with van der Waals surface area (Å²) in [4.78, 5) is 43.8. The van der Waals surface area contributed by atoms with Gasteiger partial charge >= 0.3 is 6.03 Å². The topological polar surface area (TPSA) is 169 Å². The number of anilines is 2. The summed E-state index contributed by atoms with van der Waals surface area (Å²) in [6.07, 6.45) is 0.340. The van der Waals surface area contributed by atoms with E-state index in [0.717, 1.165) is 11.0 Å². The van der Waals surface area contributed by atoms with E-state index in [1.165, 1.54) is 46.5 Å². The summed E-state index contributed by atoms with van der Waals surface area (Å²) in [5.41, 5.74) is -0.104. The van der Waals surface area contributed by atoms with Crippen LogP contribution in [0.2, 0.25) is 0 Å². The second-order valence-electron chi connectivity index (χ2n) is 6.01. The van der Waals surface area contributed by atoms with Gasteiger partial charge in [-0.15, -0.1) is 0 Å². The van der Waals surface area contributed by atoms with Crippen LogP contribution in [0.25, 0.3) is 0 Å². The van der Waals surface area contributed by atoms with Gasteiger partial charge in [-0.3, -0.25) is 14.9 Å². The van der Waals surface area contributed by atoms with Gasteiger partial charge in [-0.1, -0.05) is 0 Å². The molecule has 3 N–H and O–H groups in total. The number of sulfonamides is 1. The summed E-state index contributed by atoms with van der Waals surface area (Å²) in [5, 5.41) is 4.44. The van der Waals surface area contributed by atoms with Crippen LogP contribution in [-0.4, -0.2) is 69.9 Å². The maximum Gasteiger partial charge on any atom is 0.335 e. The molecule has 172 valence electrons. The first kappa shape index (κ1) is 23.3. The van der Waals surface area contributed by atoms with Crippen molar-refractivity contribution in [3.05, 3.63) is 29.8 Å². The fraction of sp³-hybridized carbons (Fsp3) is 0.235. The van der Waals surface area contributed by atoms with E-state index >= 15 is 0 Å². The van der Waals surface area contributed by atoms with Gasteiger partial charge in [-0.25, -0.2) is 17.9 Å². The number of aromatic nitrogens is 2. The Morgan fingerprint density at radius 3 is 2.23 bits per heavy atom. The monoisotopic (exact) mass is 458 g/mol. The van der Waals surface area contributed by atoms with Crippen LogP contribution in [0.15, 0.2) is 29.2 Å². The van der Waals surface area contributed by atoms with E-state index in [2.05, 4.69) is 20.6 Å². The van der Waals surface area contributed by atoms with Crippen molar-refractivity contribution >= 4 is 40.0 Å². The summed E-state index contributed by atoms with van der Waals surface area (Å²) in [6.45, 7) is 0. The number of hydrogen-bond donors (Lipinski definition) is 3. The molecule has 4 amide bonds. The number of urea groups is 1. The highest BCUT2D eigenvalue weighted by molar-refractivity contribution is 7.90. The van der Waals surface area contributed by atoms with Crippen molar-refractivity contribution in [2.75, 3.05) is 38.9 Å². The molecule has 2 aromatic rings. The Bertz CT molecular complexity index is 1100. The Morgan fingerprint density at radius 1 is 1.10 bits per heavy atom. The predicted octanol–water partition coefficient (Wildman–Crippen LogP) is 1.01. The van der Waals surface area contributed by atoms with Crippen LogP contribution in [0, 0.1) is 0 Å². The molecule has 0 radical (unpaired) electrons. The van der Waals surface area contributed by atoms with Crippen molar-refractivity contribution in [1.29, 1.82) is 0 Å². The van der Waals surface area contributed by atoms with Crippen LogP contribution in [0.1, 0.15) is 14.6 Å². The highest BCUT2D eigenvalue weighted by Crippen LogP contribution is 2.22. The average molecular weight is 458 g/mol. The lowest BCUT2D eigenvalue weighted by atomic mass is 10.2. The fourth-order valence-electron chi connectivity index (χ4n) is 2.29. The summed E-state index contributed by atoms with van der Waals surface area (Å²) < 4.78 is 37.3. The number of carbonyl (C=O) groups is 3. The van der Waals surface area contributed by atoms with E-state index < -0.39 is 26.9 Å². The second-order valence-corrected chi connectivity index (χ2v) is 7.66. The molecule has 0 spiro atoms. The highest BCUT2D eigenvalue weighted by Gasteiger charge is 2.26. The molecule has 0 atom stereocenters. The van der Waals surface area contributed by atoms with Gasteiger partial charge in [0.1, 0.15) is 4.90 Å². The fourth-order valence-corrected chi connectivity index (χ4v) is 3.43. The number of methoxy groups -OCH3 is 2. The third-order valence-electron chi connectivity index (χ3n) is 3.68. The number of benzene rings is 1. The van der Waals surface area contributed by atoms with Crippen molar-refractivity contribution in [3.8, 4) is 11.8 Å². The number of carbonyl (C=O) groups excluding carboxylic acids is 3. The molecule has 13 nitrogen and oxygen atoms in total. The quantitative estimate of drug-likeness (QED) is 0.489. The van der Waals surface area contributed by atoms with Crippen molar-refractivity contribution < 1.29 is 36.6 Å². The number of hydrogen-bond acceptors (Lipinski definition) is 9. The lowest BCUT2D eigenvalue weighted by molar-refractivity contribution is -0.105.